The van der Waals surface area contributed by atoms with Crippen molar-refractivity contribution in [3.8, 4) is 5.75 Å². The first-order valence-corrected chi connectivity index (χ1v) is 5.58. The Morgan fingerprint density at radius 2 is 1.47 bits per heavy atom. The van der Waals surface area contributed by atoms with E-state index in [1.54, 1.807) is 6.07 Å². The van der Waals surface area contributed by atoms with Gasteiger partial charge >= 0.3 is 0 Å². The second kappa shape index (κ2) is 5.37. The van der Waals surface area contributed by atoms with Crippen LogP contribution in [0.3, 0.4) is 0 Å². The molecule has 2 aromatic carbocycles. The highest BCUT2D eigenvalue weighted by Crippen LogP contribution is 2.15. The summed E-state index contributed by atoms with van der Waals surface area (Å²) in [7, 11) is 0. The number of para-hydroxylation sites is 2. The number of nitrogen functional groups attached to an aromatic ring is 1. The normalized spacial score (nSPS) is 10.4. The van der Waals surface area contributed by atoms with Crippen LogP contribution in [0.5, 0.6) is 5.75 Å². The predicted molar refractivity (Wildman–Crippen MR) is 69.5 cm³/mol. The Labute approximate surface area is 101 Å². The van der Waals surface area contributed by atoms with Crippen molar-refractivity contribution in [1.82, 2.24) is 5.32 Å². The zero-order valence-electron chi connectivity index (χ0n) is 9.56. The van der Waals surface area contributed by atoms with Gasteiger partial charge in [0.25, 0.3) is 0 Å². The quantitative estimate of drug-likeness (QED) is 0.703. The zero-order valence-corrected chi connectivity index (χ0v) is 9.56. The van der Waals surface area contributed by atoms with Crippen LogP contribution < -0.4 is 11.1 Å². The highest BCUT2D eigenvalue weighted by molar-refractivity contribution is 5.46. The molecule has 0 bridgehead atoms. The third kappa shape index (κ3) is 2.98. The summed E-state index contributed by atoms with van der Waals surface area (Å²) in [5.74, 6) is 0.320. The summed E-state index contributed by atoms with van der Waals surface area (Å²) in [6.07, 6.45) is 0. The Bertz CT molecular complexity index is 452. The predicted octanol–water partition coefficient (Wildman–Crippen LogP) is 2.26. The number of phenols is 1. The maximum atomic E-state index is 9.60. The molecule has 2 rings (SSSR count). The van der Waals surface area contributed by atoms with Crippen molar-refractivity contribution in [2.24, 2.45) is 0 Å². The van der Waals surface area contributed by atoms with E-state index in [1.807, 2.05) is 42.5 Å². The van der Waals surface area contributed by atoms with Crippen LogP contribution in [0.4, 0.5) is 5.69 Å². The number of hydrogen-bond acceptors (Lipinski definition) is 3. The fraction of sp³-hybridized carbons (Fsp3) is 0.143. The van der Waals surface area contributed by atoms with Gasteiger partial charge in [-0.15, -0.1) is 0 Å². The molecule has 0 unspecified atom stereocenters. The van der Waals surface area contributed by atoms with Crippen LogP contribution in [0, 0.1) is 0 Å². The topological polar surface area (TPSA) is 58.3 Å². The maximum absolute atomic E-state index is 9.60. The lowest BCUT2D eigenvalue weighted by molar-refractivity contribution is 0.464. The van der Waals surface area contributed by atoms with Crippen molar-refractivity contribution < 1.29 is 5.11 Å². The van der Waals surface area contributed by atoms with E-state index in [0.29, 0.717) is 18.8 Å². The minimum atomic E-state index is 0.320. The van der Waals surface area contributed by atoms with Gasteiger partial charge in [0.05, 0.1) is 0 Å². The molecule has 0 amide bonds. The van der Waals surface area contributed by atoms with Crippen LogP contribution in [0.15, 0.2) is 48.5 Å². The first-order valence-electron chi connectivity index (χ1n) is 5.58. The average molecular weight is 228 g/mol. The summed E-state index contributed by atoms with van der Waals surface area (Å²) in [6.45, 7) is 1.32. The zero-order chi connectivity index (χ0) is 12.1. The molecule has 0 aliphatic carbocycles. The van der Waals surface area contributed by atoms with Crippen LogP contribution in [-0.4, -0.2) is 5.11 Å². The van der Waals surface area contributed by atoms with Gasteiger partial charge in [0.15, 0.2) is 0 Å². The molecular formula is C14H16N2O. The summed E-state index contributed by atoms with van der Waals surface area (Å²) >= 11 is 0. The molecule has 4 N–H and O–H groups in total. The van der Waals surface area contributed by atoms with Gasteiger partial charge in [-0.2, -0.15) is 0 Å². The molecule has 0 spiro atoms. The molecule has 0 atom stereocenters. The molecule has 0 saturated heterocycles. The monoisotopic (exact) mass is 228 g/mol. The fourth-order valence-corrected chi connectivity index (χ4v) is 1.69. The molecule has 0 aliphatic heterocycles. The van der Waals surface area contributed by atoms with Gasteiger partial charge in [0.2, 0.25) is 0 Å². The minimum absolute atomic E-state index is 0.320. The molecule has 17 heavy (non-hydrogen) atoms. The Morgan fingerprint density at radius 1 is 0.882 bits per heavy atom. The number of nitrogens with one attached hydrogen (secondary N) is 1. The third-order valence-electron chi connectivity index (χ3n) is 2.68. The van der Waals surface area contributed by atoms with E-state index in [9.17, 15) is 5.11 Å². The van der Waals surface area contributed by atoms with Gasteiger partial charge in [-0.25, -0.2) is 0 Å². The number of hydrogen-bond donors (Lipinski definition) is 3. The Hall–Kier alpha value is -2.00. The van der Waals surface area contributed by atoms with Crippen LogP contribution in [0.2, 0.25) is 0 Å². The summed E-state index contributed by atoms with van der Waals surface area (Å²) in [5, 5.41) is 12.9. The van der Waals surface area contributed by atoms with Crippen molar-refractivity contribution >= 4 is 5.69 Å². The lowest BCUT2D eigenvalue weighted by Gasteiger charge is -2.08. The molecule has 0 heterocycles. The molecule has 3 heteroatoms. The van der Waals surface area contributed by atoms with Crippen molar-refractivity contribution in [3.05, 3.63) is 59.7 Å². The number of anilines is 1. The summed E-state index contributed by atoms with van der Waals surface area (Å²) in [5.41, 5.74) is 8.59. The first kappa shape index (κ1) is 11.5. The first-order chi connectivity index (χ1) is 8.27. The Morgan fingerprint density at radius 3 is 2.18 bits per heavy atom. The van der Waals surface area contributed by atoms with Crippen LogP contribution >= 0.6 is 0 Å². The van der Waals surface area contributed by atoms with Crippen molar-refractivity contribution in [3.63, 3.8) is 0 Å². The van der Waals surface area contributed by atoms with Crippen molar-refractivity contribution in [2.45, 2.75) is 13.1 Å². The van der Waals surface area contributed by atoms with Gasteiger partial charge in [0.1, 0.15) is 5.75 Å². The van der Waals surface area contributed by atoms with Gasteiger partial charge in [-0.1, -0.05) is 36.4 Å². The van der Waals surface area contributed by atoms with Crippen molar-refractivity contribution in [1.29, 1.82) is 0 Å². The van der Waals surface area contributed by atoms with E-state index in [0.717, 1.165) is 16.8 Å². The highest BCUT2D eigenvalue weighted by atomic mass is 16.3. The van der Waals surface area contributed by atoms with E-state index in [1.165, 1.54) is 0 Å². The molecule has 3 nitrogen and oxygen atoms in total. The van der Waals surface area contributed by atoms with E-state index in [2.05, 4.69) is 5.32 Å². The second-order valence-electron chi connectivity index (χ2n) is 3.93. The SMILES string of the molecule is Nc1ccccc1CNCc1ccccc1O. The Kier molecular flexibility index (Phi) is 3.62. The number of benzene rings is 2. The summed E-state index contributed by atoms with van der Waals surface area (Å²) in [4.78, 5) is 0. The van der Waals surface area contributed by atoms with Gasteiger partial charge in [0, 0.05) is 24.3 Å². The van der Waals surface area contributed by atoms with Crippen LogP contribution in [0.25, 0.3) is 0 Å². The lowest BCUT2D eigenvalue weighted by Crippen LogP contribution is -2.13. The van der Waals surface area contributed by atoms with E-state index in [4.69, 9.17) is 5.73 Å². The third-order valence-corrected chi connectivity index (χ3v) is 2.68. The Balaban J connectivity index is 1.93. The minimum Gasteiger partial charge on any atom is -0.508 e. The number of rotatable bonds is 4. The molecule has 0 aliphatic rings. The molecule has 0 fully saturated rings. The highest BCUT2D eigenvalue weighted by Gasteiger charge is 2.00. The molecule has 0 radical (unpaired) electrons. The summed E-state index contributed by atoms with van der Waals surface area (Å²) in [6, 6.07) is 15.1. The number of nitrogens with two attached hydrogens (primary N) is 1. The standard InChI is InChI=1S/C14H16N2O/c15-13-7-3-1-5-11(13)9-16-10-12-6-2-4-8-14(12)17/h1-8,16-17H,9-10,15H2. The fourth-order valence-electron chi connectivity index (χ4n) is 1.69. The largest absolute Gasteiger partial charge is 0.508 e. The van der Waals surface area contributed by atoms with Gasteiger partial charge in [-0.3, -0.25) is 0 Å². The molecule has 88 valence electrons. The smallest absolute Gasteiger partial charge is 0.120 e. The van der Waals surface area contributed by atoms with E-state index in [-0.39, 0.29) is 0 Å². The second-order valence-corrected chi connectivity index (χ2v) is 3.93. The molecular weight excluding hydrogens is 212 g/mol. The van der Waals surface area contributed by atoms with Crippen LogP contribution in [0.1, 0.15) is 11.1 Å². The van der Waals surface area contributed by atoms with Crippen molar-refractivity contribution in [2.75, 3.05) is 5.73 Å². The lowest BCUT2D eigenvalue weighted by atomic mass is 10.1. The molecule has 0 saturated carbocycles. The van der Waals surface area contributed by atoms with E-state index < -0.39 is 0 Å². The van der Waals surface area contributed by atoms with Gasteiger partial charge in [-0.05, 0) is 17.7 Å². The molecule has 0 aromatic heterocycles. The molecule has 2 aromatic rings. The number of phenolic OH excluding ortho intramolecular Hbond substituents is 1. The summed E-state index contributed by atoms with van der Waals surface area (Å²) < 4.78 is 0. The van der Waals surface area contributed by atoms with Crippen LogP contribution in [-0.2, 0) is 13.1 Å². The maximum Gasteiger partial charge on any atom is 0.120 e. The number of aromatic hydroxyl groups is 1. The average Bonchev–Trinajstić information content (AvgIpc) is 2.34. The van der Waals surface area contributed by atoms with Gasteiger partial charge < -0.3 is 16.2 Å². The van der Waals surface area contributed by atoms with E-state index >= 15 is 0 Å².